The zero-order valence-electron chi connectivity index (χ0n) is 19.1. The topological polar surface area (TPSA) is 101 Å². The van der Waals surface area contributed by atoms with Gasteiger partial charge in [-0.15, -0.1) is 0 Å². The summed E-state index contributed by atoms with van der Waals surface area (Å²) in [6, 6.07) is 13.3. The lowest BCUT2D eigenvalue weighted by Gasteiger charge is -2.12. The summed E-state index contributed by atoms with van der Waals surface area (Å²) in [5.74, 6) is 0.0617. The molecule has 2 heterocycles. The van der Waals surface area contributed by atoms with E-state index in [4.69, 9.17) is 4.74 Å². The zero-order valence-corrected chi connectivity index (χ0v) is 19.1. The number of aromatic nitrogens is 4. The lowest BCUT2D eigenvalue weighted by Crippen LogP contribution is -2.39. The summed E-state index contributed by atoms with van der Waals surface area (Å²) in [5, 5.41) is 9.19. The Bertz CT molecular complexity index is 1460. The lowest BCUT2D eigenvalue weighted by atomic mass is 10.1. The maximum Gasteiger partial charge on any atom is 0.387 e. The van der Waals surface area contributed by atoms with E-state index in [1.165, 1.54) is 40.4 Å². The largest absolute Gasteiger partial charge is 0.435 e. The van der Waals surface area contributed by atoms with Gasteiger partial charge < -0.3 is 14.6 Å². The quantitative estimate of drug-likeness (QED) is 0.390. The number of alkyl halides is 2. The van der Waals surface area contributed by atoms with Gasteiger partial charge in [-0.25, -0.2) is 4.79 Å². The highest BCUT2D eigenvalue weighted by molar-refractivity contribution is 5.72. The van der Waals surface area contributed by atoms with Crippen LogP contribution >= 0.6 is 0 Å². The maximum atomic E-state index is 13.4. The van der Waals surface area contributed by atoms with Crippen LogP contribution in [0, 0.1) is 6.92 Å². The molecule has 0 radical (unpaired) electrons. The monoisotopic (exact) mass is 486 g/mol. The van der Waals surface area contributed by atoms with Crippen LogP contribution in [0.4, 0.5) is 8.78 Å². The third-order valence-corrected chi connectivity index (χ3v) is 5.44. The van der Waals surface area contributed by atoms with Gasteiger partial charge in [0.15, 0.2) is 11.2 Å². The molecule has 2 aromatic carbocycles. The molecular formula is C24H24F2N4O5. The molecule has 35 heavy (non-hydrogen) atoms. The predicted molar refractivity (Wildman–Crippen MR) is 124 cm³/mol. The molecule has 11 heteroatoms. The molecule has 0 spiro atoms. The number of nitrogens with zero attached hydrogens (tertiary/aromatic N) is 4. The summed E-state index contributed by atoms with van der Waals surface area (Å²) >= 11 is 0. The van der Waals surface area contributed by atoms with Crippen LogP contribution in [-0.4, -0.2) is 37.0 Å². The molecule has 0 aliphatic carbocycles. The Morgan fingerprint density at radius 2 is 1.77 bits per heavy atom. The van der Waals surface area contributed by atoms with E-state index in [2.05, 4.69) is 9.72 Å². The van der Waals surface area contributed by atoms with Gasteiger partial charge >= 0.3 is 18.3 Å². The Kier molecular flexibility index (Phi) is 6.97. The summed E-state index contributed by atoms with van der Waals surface area (Å²) in [5.41, 5.74) is 1.02. The van der Waals surface area contributed by atoms with E-state index >= 15 is 0 Å². The fourth-order valence-corrected chi connectivity index (χ4v) is 3.70. The number of aliphatic hydroxyl groups excluding tert-OH is 1. The number of hydrogen-bond acceptors (Lipinski definition) is 6. The van der Waals surface area contributed by atoms with Crippen molar-refractivity contribution in [1.82, 2.24) is 18.7 Å². The molecule has 9 nitrogen and oxygen atoms in total. The van der Waals surface area contributed by atoms with Crippen molar-refractivity contribution in [3.8, 4) is 17.5 Å². The minimum absolute atomic E-state index is 0.00165. The first-order valence-corrected chi connectivity index (χ1v) is 10.9. The number of benzene rings is 2. The number of aliphatic hydroxyl groups is 1. The number of halogens is 2. The molecule has 0 fully saturated rings. The predicted octanol–water partition coefficient (Wildman–Crippen LogP) is 3.03. The summed E-state index contributed by atoms with van der Waals surface area (Å²) in [4.78, 5) is 30.6. The average Bonchev–Trinajstić information content (AvgIpc) is 3.17. The van der Waals surface area contributed by atoms with E-state index in [0.717, 1.165) is 15.7 Å². The normalized spacial score (nSPS) is 11.4. The molecular weight excluding hydrogens is 462 g/mol. The Balaban J connectivity index is 1.88. The Morgan fingerprint density at radius 1 is 1.06 bits per heavy atom. The highest BCUT2D eigenvalue weighted by atomic mass is 19.3. The third-order valence-electron chi connectivity index (χ3n) is 5.44. The van der Waals surface area contributed by atoms with Gasteiger partial charge in [-0.1, -0.05) is 35.9 Å². The second-order valence-corrected chi connectivity index (χ2v) is 7.97. The number of imidazole rings is 1. The van der Waals surface area contributed by atoms with Crippen LogP contribution < -0.4 is 20.7 Å². The molecule has 0 atom stereocenters. The summed E-state index contributed by atoms with van der Waals surface area (Å²) in [6.45, 7) is -0.983. The van der Waals surface area contributed by atoms with Crippen LogP contribution in [-0.2, 0) is 20.1 Å². The first-order chi connectivity index (χ1) is 16.8. The van der Waals surface area contributed by atoms with Crippen LogP contribution in [0.25, 0.3) is 11.2 Å². The van der Waals surface area contributed by atoms with Crippen molar-refractivity contribution in [3.63, 3.8) is 0 Å². The summed E-state index contributed by atoms with van der Waals surface area (Å²) in [6.07, 6.45) is 0.229. The molecule has 4 aromatic rings. The standard InChI is InChI=1S/C24H24F2N4O5/c1-15-7-9-16(10-8-15)14-30-19-20(28(2)24(33)29(21(19)32)11-4-12-31)27-23(30)35-18-6-3-5-17(13-18)34-22(25)26/h3,5-10,13,22,31H,4,11-12,14H2,1-2H3. The van der Waals surface area contributed by atoms with E-state index < -0.39 is 17.9 Å². The average molecular weight is 486 g/mol. The van der Waals surface area contributed by atoms with Gasteiger partial charge in [-0.3, -0.25) is 18.5 Å². The maximum absolute atomic E-state index is 13.4. The smallest absolute Gasteiger partial charge is 0.387 e. The van der Waals surface area contributed by atoms with E-state index in [0.29, 0.717) is 0 Å². The number of hydrogen-bond donors (Lipinski definition) is 1. The van der Waals surface area contributed by atoms with Gasteiger partial charge in [0.25, 0.3) is 5.56 Å². The molecule has 0 unspecified atom stereocenters. The highest BCUT2D eigenvalue weighted by Gasteiger charge is 2.22. The van der Waals surface area contributed by atoms with Crippen LogP contribution in [0.3, 0.4) is 0 Å². The van der Waals surface area contributed by atoms with Crippen molar-refractivity contribution in [1.29, 1.82) is 0 Å². The molecule has 0 amide bonds. The van der Waals surface area contributed by atoms with Gasteiger partial charge in [-0.2, -0.15) is 13.8 Å². The fourth-order valence-electron chi connectivity index (χ4n) is 3.70. The van der Waals surface area contributed by atoms with Crippen molar-refractivity contribution in [2.24, 2.45) is 7.05 Å². The first kappa shape index (κ1) is 24.1. The first-order valence-electron chi connectivity index (χ1n) is 10.9. The second-order valence-electron chi connectivity index (χ2n) is 7.97. The van der Waals surface area contributed by atoms with Crippen molar-refractivity contribution < 1.29 is 23.4 Å². The molecule has 0 saturated carbocycles. The van der Waals surface area contributed by atoms with E-state index in [9.17, 15) is 23.5 Å². The minimum Gasteiger partial charge on any atom is -0.435 e. The Labute approximate surface area is 198 Å². The van der Waals surface area contributed by atoms with Crippen molar-refractivity contribution in [2.45, 2.75) is 33.0 Å². The molecule has 184 valence electrons. The molecule has 0 aliphatic heterocycles. The molecule has 0 aliphatic rings. The van der Waals surface area contributed by atoms with Crippen molar-refractivity contribution in [2.75, 3.05) is 6.61 Å². The molecule has 4 rings (SSSR count). The van der Waals surface area contributed by atoms with Crippen LogP contribution in [0.2, 0.25) is 0 Å². The van der Waals surface area contributed by atoms with Crippen LogP contribution in [0.1, 0.15) is 17.5 Å². The number of fused-ring (bicyclic) bond motifs is 1. The SMILES string of the molecule is Cc1ccc(Cn2c(Oc3cccc(OC(F)F)c3)nc3c2c(=O)n(CCCO)c(=O)n3C)cc1. The van der Waals surface area contributed by atoms with Crippen LogP contribution in [0.5, 0.6) is 17.5 Å². The molecule has 2 aromatic heterocycles. The number of aryl methyl sites for hydroxylation is 2. The van der Waals surface area contributed by atoms with Crippen molar-refractivity contribution >= 4 is 11.2 Å². The summed E-state index contributed by atoms with van der Waals surface area (Å²) in [7, 11) is 1.49. The van der Waals surface area contributed by atoms with Crippen molar-refractivity contribution in [3.05, 3.63) is 80.5 Å². The number of rotatable bonds is 9. The van der Waals surface area contributed by atoms with E-state index in [1.54, 1.807) is 0 Å². The van der Waals surface area contributed by atoms with E-state index in [1.807, 2.05) is 31.2 Å². The third kappa shape index (κ3) is 5.09. The number of ether oxygens (including phenoxy) is 2. The van der Waals surface area contributed by atoms with Gasteiger partial charge in [0.05, 0.1) is 6.54 Å². The van der Waals surface area contributed by atoms with Crippen LogP contribution in [0.15, 0.2) is 58.1 Å². The Morgan fingerprint density at radius 3 is 2.46 bits per heavy atom. The van der Waals surface area contributed by atoms with Gasteiger partial charge in [0, 0.05) is 26.3 Å². The fraction of sp³-hybridized carbons (Fsp3) is 0.292. The summed E-state index contributed by atoms with van der Waals surface area (Å²) < 4.78 is 39.5. The van der Waals surface area contributed by atoms with Gasteiger partial charge in [0.1, 0.15) is 11.5 Å². The second kappa shape index (κ2) is 10.1. The minimum atomic E-state index is -3.00. The highest BCUT2D eigenvalue weighted by Crippen LogP contribution is 2.28. The molecule has 0 bridgehead atoms. The molecule has 0 saturated heterocycles. The van der Waals surface area contributed by atoms with Gasteiger partial charge in [-0.05, 0) is 31.0 Å². The lowest BCUT2D eigenvalue weighted by molar-refractivity contribution is -0.0499. The Hall–Kier alpha value is -3.99. The van der Waals surface area contributed by atoms with Gasteiger partial charge in [0.2, 0.25) is 0 Å². The molecule has 1 N–H and O–H groups in total. The zero-order chi connectivity index (χ0) is 25.1. The van der Waals surface area contributed by atoms with E-state index in [-0.39, 0.29) is 54.8 Å².